The minimum Gasteiger partial charge on any atom is -0.479 e. The van der Waals surface area contributed by atoms with Crippen molar-refractivity contribution in [2.24, 2.45) is 0 Å². The number of aliphatic carboxylic acids is 1. The Morgan fingerprint density at radius 3 is 2.21 bits per heavy atom. The lowest BCUT2D eigenvalue weighted by Gasteiger charge is -2.28. The van der Waals surface area contributed by atoms with Gasteiger partial charge in [-0.1, -0.05) is 85.8 Å². The molecule has 5 rings (SSSR count). The van der Waals surface area contributed by atoms with Crippen LogP contribution in [0.15, 0.2) is 78.9 Å². The van der Waals surface area contributed by atoms with Gasteiger partial charge in [0.25, 0.3) is 0 Å². The van der Waals surface area contributed by atoms with E-state index in [1.54, 1.807) is 6.92 Å². The highest BCUT2D eigenvalue weighted by Crippen LogP contribution is 2.44. The van der Waals surface area contributed by atoms with Gasteiger partial charge in [0, 0.05) is 25.6 Å². The Bertz CT molecular complexity index is 1320. The zero-order valence-electron chi connectivity index (χ0n) is 21.9. The molecule has 2 atom stereocenters. The fourth-order valence-electron chi connectivity index (χ4n) is 5.65. The number of ether oxygens (including phenoxy) is 1. The number of fused-ring (bicyclic) bond motifs is 3. The number of alkyl carbamates (subject to hydrolysis) is 1. The van der Waals surface area contributed by atoms with Crippen LogP contribution in [0.3, 0.4) is 0 Å². The van der Waals surface area contributed by atoms with Crippen LogP contribution in [0.25, 0.3) is 11.1 Å². The minimum atomic E-state index is -1.41. The Morgan fingerprint density at radius 2 is 1.59 bits per heavy atom. The van der Waals surface area contributed by atoms with Crippen molar-refractivity contribution in [1.82, 2.24) is 15.5 Å². The number of amides is 2. The first-order valence-electron chi connectivity index (χ1n) is 13.3. The molecule has 0 bridgehead atoms. The summed E-state index contributed by atoms with van der Waals surface area (Å²) in [6, 6.07) is 25.0. The first-order chi connectivity index (χ1) is 18.9. The molecule has 39 heavy (non-hydrogen) atoms. The van der Waals surface area contributed by atoms with Crippen LogP contribution in [0.1, 0.15) is 42.4 Å². The van der Waals surface area contributed by atoms with E-state index < -0.39 is 29.6 Å². The van der Waals surface area contributed by atoms with Gasteiger partial charge >= 0.3 is 12.1 Å². The summed E-state index contributed by atoms with van der Waals surface area (Å²) >= 11 is 0. The molecule has 1 saturated heterocycles. The van der Waals surface area contributed by atoms with Crippen molar-refractivity contribution in [2.75, 3.05) is 19.7 Å². The van der Waals surface area contributed by atoms with Crippen LogP contribution in [0, 0.1) is 0 Å². The third-order valence-electron chi connectivity index (χ3n) is 7.73. The second-order valence-corrected chi connectivity index (χ2v) is 10.3. The number of benzene rings is 3. The van der Waals surface area contributed by atoms with Crippen molar-refractivity contribution in [1.29, 1.82) is 0 Å². The van der Waals surface area contributed by atoms with Crippen LogP contribution in [-0.2, 0) is 20.9 Å². The molecule has 1 aliphatic heterocycles. The van der Waals surface area contributed by atoms with Crippen molar-refractivity contribution in [2.45, 2.75) is 43.8 Å². The Morgan fingerprint density at radius 1 is 0.974 bits per heavy atom. The quantitative estimate of drug-likeness (QED) is 0.386. The molecular weight excluding hydrogens is 494 g/mol. The van der Waals surface area contributed by atoms with Crippen LogP contribution in [0.4, 0.5) is 4.79 Å². The number of carbonyl (C=O) groups excluding carboxylic acids is 2. The third-order valence-corrected chi connectivity index (χ3v) is 7.73. The topological polar surface area (TPSA) is 108 Å². The molecule has 3 aromatic carbocycles. The number of nitrogens with one attached hydrogen (secondary N) is 2. The zero-order chi connectivity index (χ0) is 27.4. The van der Waals surface area contributed by atoms with E-state index in [1.807, 2.05) is 71.6 Å². The molecule has 202 valence electrons. The van der Waals surface area contributed by atoms with E-state index in [1.165, 1.54) is 0 Å². The first-order valence-corrected chi connectivity index (χ1v) is 13.3. The average molecular weight is 528 g/mol. The Balaban J connectivity index is 1.19. The number of nitrogens with zero attached hydrogens (tertiary/aromatic N) is 1. The summed E-state index contributed by atoms with van der Waals surface area (Å²) in [6.45, 7) is 3.21. The summed E-state index contributed by atoms with van der Waals surface area (Å²) in [5.41, 5.74) is 4.12. The number of hydrogen-bond donors (Lipinski definition) is 3. The van der Waals surface area contributed by atoms with Crippen LogP contribution in [-0.4, -0.2) is 59.3 Å². The first kappa shape index (κ1) is 26.4. The van der Waals surface area contributed by atoms with Gasteiger partial charge in [0.05, 0.1) is 0 Å². The molecule has 1 heterocycles. The van der Waals surface area contributed by atoms with Crippen molar-refractivity contribution in [3.8, 4) is 11.1 Å². The maximum atomic E-state index is 13.2. The second-order valence-electron chi connectivity index (χ2n) is 10.3. The van der Waals surface area contributed by atoms with E-state index in [-0.39, 0.29) is 25.5 Å². The predicted molar refractivity (Wildman–Crippen MR) is 147 cm³/mol. The van der Waals surface area contributed by atoms with Gasteiger partial charge in [-0.05, 0) is 40.7 Å². The SMILES string of the molecule is CC[C@H](NC(=O)OCC1c2ccccc2-c2ccccc21)C(=O)NC1(C(=O)O)CCN(Cc2ccccc2)C1. The third kappa shape index (κ3) is 5.52. The summed E-state index contributed by atoms with van der Waals surface area (Å²) in [5.74, 6) is -1.71. The van der Waals surface area contributed by atoms with Crippen LogP contribution in [0.2, 0.25) is 0 Å². The highest BCUT2D eigenvalue weighted by molar-refractivity contribution is 5.91. The normalized spacial score (nSPS) is 19.1. The number of rotatable bonds is 9. The molecule has 3 N–H and O–H groups in total. The Labute approximate surface area is 228 Å². The van der Waals surface area contributed by atoms with E-state index in [9.17, 15) is 19.5 Å². The predicted octanol–water partition coefficient (Wildman–Crippen LogP) is 4.15. The standard InChI is InChI=1S/C31H33N3O5/c1-2-27(28(35)33-31(29(36)37)16-17-34(20-31)18-21-10-4-3-5-11-21)32-30(38)39-19-26-24-14-8-6-12-22(24)23-13-7-9-15-25(23)26/h3-15,26-27H,2,16-20H2,1H3,(H,32,38)(H,33,35)(H,36,37)/t27-,31?/m0/s1. The summed E-state index contributed by atoms with van der Waals surface area (Å²) in [6.07, 6.45) is -0.137. The largest absolute Gasteiger partial charge is 0.479 e. The molecule has 0 aromatic heterocycles. The monoisotopic (exact) mass is 527 g/mol. The van der Waals surface area contributed by atoms with Crippen molar-refractivity contribution < 1.29 is 24.2 Å². The molecule has 1 unspecified atom stereocenters. The summed E-state index contributed by atoms with van der Waals surface area (Å²) < 4.78 is 5.59. The summed E-state index contributed by atoms with van der Waals surface area (Å²) in [7, 11) is 0. The Hall–Kier alpha value is -4.17. The molecule has 0 saturated carbocycles. The maximum absolute atomic E-state index is 13.2. The van der Waals surface area contributed by atoms with E-state index in [2.05, 4.69) is 22.8 Å². The number of carboxylic acid groups (broad SMARTS) is 1. The summed E-state index contributed by atoms with van der Waals surface area (Å²) in [5, 5.41) is 15.4. The van der Waals surface area contributed by atoms with Gasteiger partial charge in [-0.2, -0.15) is 0 Å². The maximum Gasteiger partial charge on any atom is 0.407 e. The fraction of sp³-hybridized carbons (Fsp3) is 0.323. The van der Waals surface area contributed by atoms with Crippen LogP contribution in [0.5, 0.6) is 0 Å². The lowest BCUT2D eigenvalue weighted by Crippen LogP contribution is -2.60. The highest BCUT2D eigenvalue weighted by atomic mass is 16.5. The Kier molecular flexibility index (Phi) is 7.65. The van der Waals surface area contributed by atoms with Gasteiger partial charge in [-0.15, -0.1) is 0 Å². The lowest BCUT2D eigenvalue weighted by atomic mass is 9.98. The molecule has 1 aliphatic carbocycles. The van der Waals surface area contributed by atoms with Crippen LogP contribution >= 0.6 is 0 Å². The van der Waals surface area contributed by atoms with Crippen molar-refractivity contribution in [3.63, 3.8) is 0 Å². The number of hydrogen-bond acceptors (Lipinski definition) is 5. The van der Waals surface area contributed by atoms with Gasteiger partial charge in [0.1, 0.15) is 12.6 Å². The molecule has 3 aromatic rings. The average Bonchev–Trinajstić information content (AvgIpc) is 3.50. The van der Waals surface area contributed by atoms with E-state index >= 15 is 0 Å². The molecule has 2 amide bonds. The molecule has 8 heteroatoms. The molecule has 8 nitrogen and oxygen atoms in total. The van der Waals surface area contributed by atoms with Gasteiger partial charge < -0.3 is 20.5 Å². The lowest BCUT2D eigenvalue weighted by molar-refractivity contribution is -0.147. The van der Waals surface area contributed by atoms with Gasteiger partial charge in [0.15, 0.2) is 5.54 Å². The molecule has 0 radical (unpaired) electrons. The zero-order valence-corrected chi connectivity index (χ0v) is 21.9. The fourth-order valence-corrected chi connectivity index (χ4v) is 5.65. The number of likely N-dealkylation sites (tertiary alicyclic amines) is 1. The van der Waals surface area contributed by atoms with Crippen molar-refractivity contribution >= 4 is 18.0 Å². The molecule has 1 fully saturated rings. The summed E-state index contributed by atoms with van der Waals surface area (Å²) in [4.78, 5) is 40.2. The molecular formula is C31H33N3O5. The van der Waals surface area contributed by atoms with Gasteiger partial charge in [-0.3, -0.25) is 9.69 Å². The van der Waals surface area contributed by atoms with Gasteiger partial charge in [-0.25, -0.2) is 9.59 Å². The van der Waals surface area contributed by atoms with E-state index in [0.717, 1.165) is 27.8 Å². The molecule has 0 spiro atoms. The highest BCUT2D eigenvalue weighted by Gasteiger charge is 2.47. The smallest absolute Gasteiger partial charge is 0.407 e. The number of carbonyl (C=O) groups is 3. The van der Waals surface area contributed by atoms with Crippen molar-refractivity contribution in [3.05, 3.63) is 95.6 Å². The second kappa shape index (κ2) is 11.3. The van der Waals surface area contributed by atoms with E-state index in [4.69, 9.17) is 4.74 Å². The van der Waals surface area contributed by atoms with E-state index in [0.29, 0.717) is 19.5 Å². The minimum absolute atomic E-state index is 0.0959. The van der Waals surface area contributed by atoms with Crippen LogP contribution < -0.4 is 10.6 Å². The number of carboxylic acids is 1. The molecule has 2 aliphatic rings. The van der Waals surface area contributed by atoms with Gasteiger partial charge in [0.2, 0.25) is 5.91 Å².